The summed E-state index contributed by atoms with van der Waals surface area (Å²) in [6.07, 6.45) is 1.25. The van der Waals surface area contributed by atoms with E-state index in [2.05, 4.69) is 16.0 Å². The van der Waals surface area contributed by atoms with Gasteiger partial charge in [-0.2, -0.15) is 0 Å². The van der Waals surface area contributed by atoms with E-state index in [1.54, 1.807) is 48.5 Å². The molecule has 0 saturated carbocycles. The van der Waals surface area contributed by atoms with Crippen LogP contribution in [0.1, 0.15) is 23.2 Å². The van der Waals surface area contributed by atoms with Crippen LogP contribution < -0.4 is 25.4 Å². The Kier molecular flexibility index (Phi) is 8.11. The van der Waals surface area contributed by atoms with E-state index in [9.17, 15) is 19.2 Å². The van der Waals surface area contributed by atoms with E-state index >= 15 is 0 Å². The molecule has 0 spiro atoms. The Morgan fingerprint density at radius 3 is 2.46 bits per heavy atom. The molecule has 0 radical (unpaired) electrons. The number of carbonyl (C=O) groups is 4. The molecule has 2 heterocycles. The number of rotatable bonds is 6. The third-order valence-corrected chi connectivity index (χ3v) is 6.49. The predicted molar refractivity (Wildman–Crippen MR) is 136 cm³/mol. The normalized spacial score (nSPS) is 19.5. The Morgan fingerprint density at radius 1 is 1.00 bits per heavy atom. The maximum absolute atomic E-state index is 13.4. The number of hydrogen-bond acceptors (Lipinski definition) is 6. The summed E-state index contributed by atoms with van der Waals surface area (Å²) in [5, 5.41) is 8.34. The van der Waals surface area contributed by atoms with Crippen molar-refractivity contribution in [3.8, 4) is 11.5 Å². The Labute approximate surface area is 215 Å². The SMILES string of the molecule is COc1ccc(C(=O)N2CCN(C(=O)Nc3cccc(OC)c3)C[C@@H]2C(=O)N[C@@H]2CCCNC2=O)cc1. The number of benzene rings is 2. The molecule has 2 aromatic rings. The fourth-order valence-corrected chi connectivity index (χ4v) is 4.42. The summed E-state index contributed by atoms with van der Waals surface area (Å²) in [4.78, 5) is 55.0. The fraction of sp³-hybridized carbons (Fsp3) is 0.385. The minimum atomic E-state index is -0.978. The lowest BCUT2D eigenvalue weighted by Gasteiger charge is -2.41. The van der Waals surface area contributed by atoms with Gasteiger partial charge in [-0.15, -0.1) is 0 Å². The minimum absolute atomic E-state index is 0.0299. The molecule has 11 heteroatoms. The summed E-state index contributed by atoms with van der Waals surface area (Å²) < 4.78 is 10.4. The number of urea groups is 1. The molecule has 0 aromatic heterocycles. The van der Waals surface area contributed by atoms with E-state index < -0.39 is 24.0 Å². The Balaban J connectivity index is 1.52. The lowest BCUT2D eigenvalue weighted by Crippen LogP contribution is -2.64. The predicted octanol–water partition coefficient (Wildman–Crippen LogP) is 1.46. The van der Waals surface area contributed by atoms with Crippen molar-refractivity contribution >= 4 is 29.4 Å². The highest BCUT2D eigenvalue weighted by molar-refractivity contribution is 5.99. The van der Waals surface area contributed by atoms with Gasteiger partial charge in [0.25, 0.3) is 5.91 Å². The van der Waals surface area contributed by atoms with Crippen LogP contribution in [0.2, 0.25) is 0 Å². The van der Waals surface area contributed by atoms with Crippen LogP contribution in [-0.2, 0) is 9.59 Å². The molecule has 2 atom stereocenters. The van der Waals surface area contributed by atoms with Crippen molar-refractivity contribution in [2.24, 2.45) is 0 Å². The summed E-state index contributed by atoms with van der Waals surface area (Å²) in [5.74, 6) is 0.117. The monoisotopic (exact) mass is 509 g/mol. The number of hydrogen-bond donors (Lipinski definition) is 3. The molecular formula is C26H31N5O6. The molecule has 2 saturated heterocycles. The fourth-order valence-electron chi connectivity index (χ4n) is 4.42. The highest BCUT2D eigenvalue weighted by atomic mass is 16.5. The van der Waals surface area contributed by atoms with Gasteiger partial charge < -0.3 is 35.2 Å². The number of carbonyl (C=O) groups excluding carboxylic acids is 4. The second-order valence-corrected chi connectivity index (χ2v) is 8.85. The number of amides is 5. The molecule has 2 aromatic carbocycles. The maximum Gasteiger partial charge on any atom is 0.321 e. The van der Waals surface area contributed by atoms with Gasteiger partial charge in [0.15, 0.2) is 0 Å². The molecule has 2 aliphatic rings. The summed E-state index contributed by atoms with van der Waals surface area (Å²) in [7, 11) is 3.07. The zero-order valence-corrected chi connectivity index (χ0v) is 20.9. The molecule has 0 aliphatic carbocycles. The van der Waals surface area contributed by atoms with E-state index in [4.69, 9.17) is 9.47 Å². The van der Waals surface area contributed by atoms with Crippen LogP contribution in [0.3, 0.4) is 0 Å². The molecule has 4 rings (SSSR count). The largest absolute Gasteiger partial charge is 0.497 e. The van der Waals surface area contributed by atoms with Crippen LogP contribution in [0.25, 0.3) is 0 Å². The average molecular weight is 510 g/mol. The molecule has 0 bridgehead atoms. The average Bonchev–Trinajstić information content (AvgIpc) is 2.93. The second-order valence-electron chi connectivity index (χ2n) is 8.85. The van der Waals surface area contributed by atoms with Crippen LogP contribution in [0.4, 0.5) is 10.5 Å². The summed E-state index contributed by atoms with van der Waals surface area (Å²) in [6.45, 7) is 0.906. The second kappa shape index (κ2) is 11.6. The van der Waals surface area contributed by atoms with Crippen molar-refractivity contribution in [2.75, 3.05) is 45.7 Å². The number of anilines is 1. The van der Waals surface area contributed by atoms with Crippen molar-refractivity contribution in [3.05, 3.63) is 54.1 Å². The van der Waals surface area contributed by atoms with Crippen LogP contribution in [0.5, 0.6) is 11.5 Å². The standard InChI is InChI=1S/C26H31N5O6/c1-36-19-10-8-17(9-11-19)25(34)31-14-13-30(26(35)28-18-5-3-6-20(15-18)37-2)16-22(31)24(33)29-21-7-4-12-27-23(21)32/h3,5-6,8-11,15,21-22H,4,7,12-14,16H2,1-2H3,(H,27,32)(H,28,35)(H,29,33)/t21-,22-/m1/s1. The Morgan fingerprint density at radius 2 is 1.76 bits per heavy atom. The van der Waals surface area contributed by atoms with Gasteiger partial charge in [-0.1, -0.05) is 6.07 Å². The quantitative estimate of drug-likeness (QED) is 0.541. The molecule has 5 amide bonds. The van der Waals surface area contributed by atoms with Gasteiger partial charge >= 0.3 is 6.03 Å². The Bertz CT molecular complexity index is 1150. The van der Waals surface area contributed by atoms with E-state index in [1.165, 1.54) is 24.0 Å². The third kappa shape index (κ3) is 6.11. The number of methoxy groups -OCH3 is 2. The van der Waals surface area contributed by atoms with Gasteiger partial charge in [-0.3, -0.25) is 14.4 Å². The van der Waals surface area contributed by atoms with Gasteiger partial charge in [-0.25, -0.2) is 4.79 Å². The van der Waals surface area contributed by atoms with Gasteiger partial charge in [0.05, 0.1) is 20.8 Å². The molecule has 2 aliphatic heterocycles. The van der Waals surface area contributed by atoms with Crippen molar-refractivity contribution < 1.29 is 28.7 Å². The number of ether oxygens (including phenoxy) is 2. The van der Waals surface area contributed by atoms with Crippen molar-refractivity contribution in [3.63, 3.8) is 0 Å². The Hall–Kier alpha value is -4.28. The summed E-state index contributed by atoms with van der Waals surface area (Å²) >= 11 is 0. The van der Waals surface area contributed by atoms with Gasteiger partial charge in [-0.05, 0) is 49.2 Å². The molecule has 196 valence electrons. The van der Waals surface area contributed by atoms with Gasteiger partial charge in [0.2, 0.25) is 11.8 Å². The van der Waals surface area contributed by atoms with E-state index in [1.807, 2.05) is 0 Å². The van der Waals surface area contributed by atoms with Crippen molar-refractivity contribution in [1.82, 2.24) is 20.4 Å². The lowest BCUT2D eigenvalue weighted by molar-refractivity contribution is -0.133. The topological polar surface area (TPSA) is 129 Å². The zero-order chi connectivity index (χ0) is 26.4. The number of nitrogens with zero attached hydrogens (tertiary/aromatic N) is 2. The number of nitrogens with one attached hydrogen (secondary N) is 3. The maximum atomic E-state index is 13.4. The molecule has 37 heavy (non-hydrogen) atoms. The number of piperidine rings is 1. The summed E-state index contributed by atoms with van der Waals surface area (Å²) in [5.41, 5.74) is 0.934. The zero-order valence-electron chi connectivity index (χ0n) is 20.9. The molecular weight excluding hydrogens is 478 g/mol. The molecule has 11 nitrogen and oxygen atoms in total. The van der Waals surface area contributed by atoms with Crippen LogP contribution >= 0.6 is 0 Å². The number of piperazine rings is 1. The van der Waals surface area contributed by atoms with Gasteiger partial charge in [0, 0.05) is 37.0 Å². The van der Waals surface area contributed by atoms with Crippen LogP contribution in [-0.4, -0.2) is 86.0 Å². The van der Waals surface area contributed by atoms with Crippen molar-refractivity contribution in [2.45, 2.75) is 24.9 Å². The third-order valence-electron chi connectivity index (χ3n) is 6.49. The van der Waals surface area contributed by atoms with E-state index in [-0.39, 0.29) is 31.4 Å². The molecule has 2 fully saturated rings. The summed E-state index contributed by atoms with van der Waals surface area (Å²) in [6, 6.07) is 11.5. The van der Waals surface area contributed by atoms with Gasteiger partial charge in [0.1, 0.15) is 23.6 Å². The molecule has 0 unspecified atom stereocenters. The first-order chi connectivity index (χ1) is 17.9. The van der Waals surface area contributed by atoms with Crippen molar-refractivity contribution in [1.29, 1.82) is 0 Å². The van der Waals surface area contributed by atoms with E-state index in [0.717, 1.165) is 6.42 Å². The van der Waals surface area contributed by atoms with Crippen LogP contribution in [0.15, 0.2) is 48.5 Å². The first-order valence-corrected chi connectivity index (χ1v) is 12.1. The molecule has 3 N–H and O–H groups in total. The smallest absolute Gasteiger partial charge is 0.321 e. The first-order valence-electron chi connectivity index (χ1n) is 12.1. The van der Waals surface area contributed by atoms with Crippen LogP contribution in [0, 0.1) is 0 Å². The highest BCUT2D eigenvalue weighted by Crippen LogP contribution is 2.21. The lowest BCUT2D eigenvalue weighted by atomic mass is 10.0. The highest BCUT2D eigenvalue weighted by Gasteiger charge is 2.39. The first kappa shape index (κ1) is 25.8. The van der Waals surface area contributed by atoms with E-state index in [0.29, 0.717) is 35.7 Å². The minimum Gasteiger partial charge on any atom is -0.497 e.